The lowest BCUT2D eigenvalue weighted by molar-refractivity contribution is -0.137. The molecule has 0 saturated heterocycles. The van der Waals surface area contributed by atoms with Crippen LogP contribution < -0.4 is 4.74 Å². The summed E-state index contributed by atoms with van der Waals surface area (Å²) in [6, 6.07) is 4.96. The Kier molecular flexibility index (Phi) is 3.73. The number of aliphatic imine (C=N–C) groups is 1. The molecule has 1 atom stereocenters. The van der Waals surface area contributed by atoms with E-state index in [4.69, 9.17) is 9.84 Å². The van der Waals surface area contributed by atoms with Crippen molar-refractivity contribution < 1.29 is 14.6 Å². The number of carbonyl (C=O) groups is 1. The second-order valence-electron chi connectivity index (χ2n) is 3.48. The van der Waals surface area contributed by atoms with Crippen LogP contribution in [-0.2, 0) is 4.79 Å². The van der Waals surface area contributed by atoms with E-state index >= 15 is 0 Å². The number of nitrogens with zero attached hydrogens (tertiary/aromatic N) is 1. The Labute approximate surface area is 111 Å². The Bertz CT molecular complexity index is 490. The highest BCUT2D eigenvalue weighted by Crippen LogP contribution is 2.28. The average Bonchev–Trinajstić information content (AvgIpc) is 2.77. The topological polar surface area (TPSA) is 58.9 Å². The van der Waals surface area contributed by atoms with Crippen LogP contribution >= 0.6 is 27.7 Å². The molecule has 1 unspecified atom stereocenters. The monoisotopic (exact) mass is 315 g/mol. The van der Waals surface area contributed by atoms with Gasteiger partial charge in [0.15, 0.2) is 6.04 Å². The normalized spacial score (nSPS) is 18.9. The van der Waals surface area contributed by atoms with E-state index in [1.165, 1.54) is 11.8 Å². The first-order valence-corrected chi connectivity index (χ1v) is 6.66. The van der Waals surface area contributed by atoms with E-state index in [9.17, 15) is 4.79 Å². The second-order valence-corrected chi connectivity index (χ2v) is 5.40. The molecule has 0 fully saturated rings. The summed E-state index contributed by atoms with van der Waals surface area (Å²) in [5.74, 6) is 0.324. The maximum atomic E-state index is 10.8. The van der Waals surface area contributed by atoms with Gasteiger partial charge < -0.3 is 9.84 Å². The van der Waals surface area contributed by atoms with Gasteiger partial charge in [-0.15, -0.1) is 11.8 Å². The number of halogens is 1. The van der Waals surface area contributed by atoms with Crippen LogP contribution in [0, 0.1) is 0 Å². The highest BCUT2D eigenvalue weighted by molar-refractivity contribution is 9.10. The molecular weight excluding hydrogens is 306 g/mol. The first-order valence-electron chi connectivity index (χ1n) is 4.88. The molecule has 1 N–H and O–H groups in total. The van der Waals surface area contributed by atoms with Crippen LogP contribution in [0.25, 0.3) is 0 Å². The maximum Gasteiger partial charge on any atom is 0.329 e. The van der Waals surface area contributed by atoms with Crippen molar-refractivity contribution in [3.05, 3.63) is 28.2 Å². The summed E-state index contributed by atoms with van der Waals surface area (Å²) >= 11 is 4.84. The van der Waals surface area contributed by atoms with Crippen molar-refractivity contribution in [2.75, 3.05) is 12.9 Å². The van der Waals surface area contributed by atoms with Crippen molar-refractivity contribution in [3.8, 4) is 5.75 Å². The van der Waals surface area contributed by atoms with Crippen molar-refractivity contribution in [1.29, 1.82) is 0 Å². The lowest BCUT2D eigenvalue weighted by atomic mass is 10.2. The van der Waals surface area contributed by atoms with E-state index in [1.54, 1.807) is 7.11 Å². The van der Waals surface area contributed by atoms with Crippen LogP contribution in [0.1, 0.15) is 5.56 Å². The molecule has 0 aromatic heterocycles. The molecule has 0 radical (unpaired) electrons. The molecule has 1 aliphatic heterocycles. The zero-order chi connectivity index (χ0) is 12.4. The summed E-state index contributed by atoms with van der Waals surface area (Å²) in [6.07, 6.45) is 0. The summed E-state index contributed by atoms with van der Waals surface area (Å²) < 4.78 is 6.04. The molecule has 0 bridgehead atoms. The van der Waals surface area contributed by atoms with Crippen LogP contribution in [0.3, 0.4) is 0 Å². The predicted octanol–water partition coefficient (Wildman–Crippen LogP) is 2.40. The molecule has 1 aromatic rings. The number of hydrogen-bond donors (Lipinski definition) is 1. The quantitative estimate of drug-likeness (QED) is 0.930. The minimum Gasteiger partial charge on any atom is -0.497 e. The van der Waals surface area contributed by atoms with E-state index in [-0.39, 0.29) is 0 Å². The number of thioether (sulfide) groups is 1. The lowest BCUT2D eigenvalue weighted by Crippen LogP contribution is -2.17. The molecule has 17 heavy (non-hydrogen) atoms. The number of carboxylic acid groups (broad SMARTS) is 1. The fraction of sp³-hybridized carbons (Fsp3) is 0.273. The Balaban J connectivity index is 2.32. The number of aliphatic carboxylic acids is 1. The van der Waals surface area contributed by atoms with E-state index in [0.29, 0.717) is 5.75 Å². The Morgan fingerprint density at radius 3 is 2.94 bits per heavy atom. The third-order valence-corrected chi connectivity index (χ3v) is 3.84. The van der Waals surface area contributed by atoms with E-state index in [1.807, 2.05) is 18.2 Å². The van der Waals surface area contributed by atoms with Gasteiger partial charge in [-0.3, -0.25) is 4.99 Å². The Morgan fingerprint density at radius 1 is 1.59 bits per heavy atom. The minimum atomic E-state index is -0.880. The number of hydrogen-bond acceptors (Lipinski definition) is 4. The minimum absolute atomic E-state index is 0.486. The average molecular weight is 316 g/mol. The van der Waals surface area contributed by atoms with Crippen LogP contribution in [0.5, 0.6) is 5.75 Å². The molecule has 0 amide bonds. The molecule has 4 nitrogen and oxygen atoms in total. The van der Waals surface area contributed by atoms with Gasteiger partial charge in [0.05, 0.1) is 12.2 Å². The largest absolute Gasteiger partial charge is 0.497 e. The molecule has 0 aliphatic carbocycles. The molecular formula is C11H10BrNO3S. The molecule has 1 aliphatic rings. The smallest absolute Gasteiger partial charge is 0.329 e. The van der Waals surface area contributed by atoms with Crippen LogP contribution in [0.15, 0.2) is 27.7 Å². The van der Waals surface area contributed by atoms with Gasteiger partial charge in [0.25, 0.3) is 0 Å². The Hall–Kier alpha value is -1.01. The Morgan fingerprint density at radius 2 is 2.35 bits per heavy atom. The van der Waals surface area contributed by atoms with Gasteiger partial charge in [-0.25, -0.2) is 4.79 Å². The predicted molar refractivity (Wildman–Crippen MR) is 71.1 cm³/mol. The van der Waals surface area contributed by atoms with Crippen molar-refractivity contribution in [2.45, 2.75) is 6.04 Å². The number of benzene rings is 1. The van der Waals surface area contributed by atoms with Gasteiger partial charge in [-0.1, -0.05) is 15.9 Å². The standard InChI is InChI=1S/C11H10BrNO3S/c1-16-8-3-6(2-7(12)4-8)10-13-9(5-17-10)11(14)15/h2-4,9H,5H2,1H3,(H,14,15). The van der Waals surface area contributed by atoms with Crippen molar-refractivity contribution in [1.82, 2.24) is 0 Å². The highest BCUT2D eigenvalue weighted by atomic mass is 79.9. The van der Waals surface area contributed by atoms with Gasteiger partial charge in [-0.05, 0) is 18.2 Å². The van der Waals surface area contributed by atoms with E-state index in [2.05, 4.69) is 20.9 Å². The summed E-state index contributed by atoms with van der Waals surface area (Å²) in [4.78, 5) is 15.0. The summed E-state index contributed by atoms with van der Waals surface area (Å²) in [6.45, 7) is 0. The molecule has 1 heterocycles. The van der Waals surface area contributed by atoms with Crippen LogP contribution in [0.4, 0.5) is 0 Å². The lowest BCUT2D eigenvalue weighted by Gasteiger charge is -2.05. The fourth-order valence-electron chi connectivity index (χ4n) is 1.46. The van der Waals surface area contributed by atoms with Crippen LogP contribution in [0.2, 0.25) is 0 Å². The summed E-state index contributed by atoms with van der Waals surface area (Å²) in [5, 5.41) is 9.63. The summed E-state index contributed by atoms with van der Waals surface area (Å²) in [5.41, 5.74) is 0.880. The third kappa shape index (κ3) is 2.81. The van der Waals surface area contributed by atoms with Gasteiger partial charge in [-0.2, -0.15) is 0 Å². The third-order valence-electron chi connectivity index (χ3n) is 2.29. The van der Waals surface area contributed by atoms with E-state index in [0.717, 1.165) is 20.8 Å². The van der Waals surface area contributed by atoms with Crippen molar-refractivity contribution in [2.24, 2.45) is 4.99 Å². The van der Waals surface area contributed by atoms with Crippen molar-refractivity contribution >= 4 is 38.7 Å². The first kappa shape index (κ1) is 12.4. The molecule has 0 saturated carbocycles. The molecule has 90 valence electrons. The van der Waals surface area contributed by atoms with E-state index < -0.39 is 12.0 Å². The maximum absolute atomic E-state index is 10.8. The molecule has 0 spiro atoms. The van der Waals surface area contributed by atoms with Crippen LogP contribution in [-0.4, -0.2) is 35.0 Å². The molecule has 1 aromatic carbocycles. The first-order chi connectivity index (χ1) is 8.10. The summed E-state index contributed by atoms with van der Waals surface area (Å²) in [7, 11) is 1.59. The van der Waals surface area contributed by atoms with Gasteiger partial charge >= 0.3 is 5.97 Å². The van der Waals surface area contributed by atoms with Gasteiger partial charge in [0.1, 0.15) is 5.75 Å². The highest BCUT2D eigenvalue weighted by Gasteiger charge is 2.25. The molecule has 6 heteroatoms. The zero-order valence-corrected chi connectivity index (χ0v) is 11.4. The van der Waals surface area contributed by atoms with Crippen molar-refractivity contribution in [3.63, 3.8) is 0 Å². The number of methoxy groups -OCH3 is 1. The number of ether oxygens (including phenoxy) is 1. The fourth-order valence-corrected chi connectivity index (χ4v) is 2.95. The SMILES string of the molecule is COc1cc(Br)cc(C2=NC(C(=O)O)CS2)c1. The second kappa shape index (κ2) is 5.10. The number of carboxylic acids is 1. The molecule has 2 rings (SSSR count). The number of rotatable bonds is 3. The van der Waals surface area contributed by atoms with Gasteiger partial charge in [0.2, 0.25) is 0 Å². The zero-order valence-electron chi connectivity index (χ0n) is 9.01. The van der Waals surface area contributed by atoms with Gasteiger partial charge in [0, 0.05) is 15.8 Å².